The van der Waals surface area contributed by atoms with Crippen LogP contribution in [0.2, 0.25) is 0 Å². The van der Waals surface area contributed by atoms with Crippen molar-refractivity contribution in [2.45, 2.75) is 56.5 Å². The molecule has 31 heavy (non-hydrogen) atoms. The summed E-state index contributed by atoms with van der Waals surface area (Å²) in [6.45, 7) is 2.50. The Bertz CT molecular complexity index is 1260. The molecule has 0 spiro atoms. The minimum absolute atomic E-state index is 0.0502. The normalized spacial score (nSPS) is 15.9. The summed E-state index contributed by atoms with van der Waals surface area (Å²) in [5.74, 6) is 0.634. The third-order valence-corrected chi connectivity index (χ3v) is 7.30. The zero-order chi connectivity index (χ0) is 22.2. The summed E-state index contributed by atoms with van der Waals surface area (Å²) in [6.07, 6.45) is 5.92. The van der Waals surface area contributed by atoms with Crippen molar-refractivity contribution in [1.82, 2.24) is 19.3 Å². The van der Waals surface area contributed by atoms with E-state index in [1.807, 2.05) is 6.92 Å². The Morgan fingerprint density at radius 2 is 1.97 bits per heavy atom. The number of alkyl halides is 1. The van der Waals surface area contributed by atoms with E-state index in [-0.39, 0.29) is 10.9 Å². The fourth-order valence-corrected chi connectivity index (χ4v) is 5.47. The number of rotatable bonds is 6. The largest absolute Gasteiger partial charge is 0.321 e. The van der Waals surface area contributed by atoms with E-state index in [0.717, 1.165) is 42.6 Å². The molecule has 0 bridgehead atoms. The van der Waals surface area contributed by atoms with Gasteiger partial charge in [-0.3, -0.25) is 0 Å². The maximum atomic E-state index is 12.8. The number of hydrogen-bond donors (Lipinski definition) is 1. The van der Waals surface area contributed by atoms with Crippen LogP contribution in [0, 0.1) is 18.3 Å². The standard InChI is InChI=1S/C22H24FN5O2S/c1-14(11-23)27-31(29,30)18-9-7-16(8-10-18)21-19(12-24)20-13-25-15(2)26-22(20)28(21)17-5-3-4-6-17/h7-10,13-14,17,27H,3-6,11H2,1-2H3/t14-/m0/s1. The number of aryl methyl sites for hydroxylation is 1. The molecule has 1 aliphatic carbocycles. The first-order chi connectivity index (χ1) is 14.9. The number of nitrogens with zero attached hydrogens (tertiary/aromatic N) is 4. The molecule has 2 aromatic heterocycles. The van der Waals surface area contributed by atoms with E-state index in [4.69, 9.17) is 0 Å². The Morgan fingerprint density at radius 3 is 2.58 bits per heavy atom. The Labute approximate surface area is 181 Å². The highest BCUT2D eigenvalue weighted by Gasteiger charge is 2.27. The lowest BCUT2D eigenvalue weighted by Gasteiger charge is -2.18. The monoisotopic (exact) mass is 441 g/mol. The number of nitrogens with one attached hydrogen (secondary N) is 1. The molecule has 0 amide bonds. The Hall–Kier alpha value is -2.83. The van der Waals surface area contributed by atoms with Gasteiger partial charge in [0.15, 0.2) is 0 Å². The smallest absolute Gasteiger partial charge is 0.240 e. The lowest BCUT2D eigenvalue weighted by Crippen LogP contribution is -2.33. The third kappa shape index (κ3) is 3.93. The van der Waals surface area contributed by atoms with Crippen LogP contribution < -0.4 is 4.72 Å². The highest BCUT2D eigenvalue weighted by atomic mass is 32.2. The SMILES string of the molecule is Cc1ncc2c(C#N)c(-c3ccc(S(=O)(=O)N[C@@H](C)CF)cc3)n(C3CCCC3)c2n1. The van der Waals surface area contributed by atoms with Crippen LogP contribution >= 0.6 is 0 Å². The van der Waals surface area contributed by atoms with Crippen LogP contribution in [-0.4, -0.2) is 35.7 Å². The number of benzene rings is 1. The molecular weight excluding hydrogens is 417 g/mol. The molecule has 3 aromatic rings. The van der Waals surface area contributed by atoms with Crippen LogP contribution in [0.3, 0.4) is 0 Å². The number of fused-ring (bicyclic) bond motifs is 1. The molecule has 162 valence electrons. The van der Waals surface area contributed by atoms with E-state index >= 15 is 0 Å². The molecule has 1 N–H and O–H groups in total. The predicted molar refractivity (Wildman–Crippen MR) is 116 cm³/mol. The Morgan fingerprint density at radius 1 is 1.29 bits per heavy atom. The maximum Gasteiger partial charge on any atom is 0.240 e. The van der Waals surface area contributed by atoms with Crippen molar-refractivity contribution < 1.29 is 12.8 Å². The van der Waals surface area contributed by atoms with Crippen LogP contribution in [-0.2, 0) is 10.0 Å². The summed E-state index contributed by atoms with van der Waals surface area (Å²) in [4.78, 5) is 8.96. The van der Waals surface area contributed by atoms with Crippen molar-refractivity contribution in [3.05, 3.63) is 41.9 Å². The average Bonchev–Trinajstić information content (AvgIpc) is 3.38. The molecule has 1 aromatic carbocycles. The van der Waals surface area contributed by atoms with Gasteiger partial charge < -0.3 is 4.57 Å². The molecule has 4 rings (SSSR count). The highest BCUT2D eigenvalue weighted by molar-refractivity contribution is 7.89. The lowest BCUT2D eigenvalue weighted by molar-refractivity contribution is 0.423. The maximum absolute atomic E-state index is 12.8. The minimum atomic E-state index is -3.83. The molecule has 9 heteroatoms. The van der Waals surface area contributed by atoms with Gasteiger partial charge in [-0.25, -0.2) is 27.5 Å². The lowest BCUT2D eigenvalue weighted by atomic mass is 10.1. The molecule has 0 saturated heterocycles. The molecule has 0 unspecified atom stereocenters. The molecule has 1 aliphatic rings. The highest BCUT2D eigenvalue weighted by Crippen LogP contribution is 2.40. The summed E-state index contributed by atoms with van der Waals surface area (Å²) in [5, 5.41) is 10.7. The number of halogens is 1. The van der Waals surface area contributed by atoms with Gasteiger partial charge in [0.05, 0.1) is 21.5 Å². The van der Waals surface area contributed by atoms with Gasteiger partial charge >= 0.3 is 0 Å². The van der Waals surface area contributed by atoms with Crippen molar-refractivity contribution in [3.8, 4) is 17.3 Å². The fraction of sp³-hybridized carbons (Fsp3) is 0.409. The molecule has 7 nitrogen and oxygen atoms in total. The van der Waals surface area contributed by atoms with Crippen LogP contribution in [0.5, 0.6) is 0 Å². The summed E-state index contributed by atoms with van der Waals surface area (Å²) < 4.78 is 42.1. The summed E-state index contributed by atoms with van der Waals surface area (Å²) in [7, 11) is -3.83. The van der Waals surface area contributed by atoms with Crippen molar-refractivity contribution in [1.29, 1.82) is 5.26 Å². The van der Waals surface area contributed by atoms with E-state index < -0.39 is 22.7 Å². The van der Waals surface area contributed by atoms with Gasteiger partial charge in [0, 0.05) is 18.3 Å². The second kappa shape index (κ2) is 8.36. The zero-order valence-corrected chi connectivity index (χ0v) is 18.3. The Kier molecular flexibility index (Phi) is 5.77. The minimum Gasteiger partial charge on any atom is -0.321 e. The molecule has 2 heterocycles. The summed E-state index contributed by atoms with van der Waals surface area (Å²) >= 11 is 0. The molecule has 1 saturated carbocycles. The van der Waals surface area contributed by atoms with Crippen LogP contribution in [0.15, 0.2) is 35.4 Å². The van der Waals surface area contributed by atoms with Crippen molar-refractivity contribution in [2.24, 2.45) is 0 Å². The van der Waals surface area contributed by atoms with Crippen molar-refractivity contribution in [3.63, 3.8) is 0 Å². The van der Waals surface area contributed by atoms with Gasteiger partial charge in [0.1, 0.15) is 24.2 Å². The second-order valence-corrected chi connectivity index (χ2v) is 9.71. The van der Waals surface area contributed by atoms with Crippen LogP contribution in [0.4, 0.5) is 4.39 Å². The van der Waals surface area contributed by atoms with Gasteiger partial charge in [-0.2, -0.15) is 5.26 Å². The van der Waals surface area contributed by atoms with E-state index in [1.165, 1.54) is 19.1 Å². The summed E-state index contributed by atoms with van der Waals surface area (Å²) in [6, 6.07) is 8.07. The van der Waals surface area contributed by atoms with Gasteiger partial charge in [0.25, 0.3) is 0 Å². The average molecular weight is 442 g/mol. The van der Waals surface area contributed by atoms with Crippen LogP contribution in [0.1, 0.15) is 50.0 Å². The first kappa shape index (κ1) is 21.4. The van der Waals surface area contributed by atoms with E-state index in [9.17, 15) is 18.1 Å². The molecule has 1 atom stereocenters. The second-order valence-electron chi connectivity index (χ2n) is 8.00. The van der Waals surface area contributed by atoms with E-state index in [1.54, 1.807) is 18.3 Å². The summed E-state index contributed by atoms with van der Waals surface area (Å²) in [5.41, 5.74) is 2.69. The van der Waals surface area contributed by atoms with Crippen molar-refractivity contribution >= 4 is 21.1 Å². The van der Waals surface area contributed by atoms with Gasteiger partial charge in [-0.05, 0) is 44.4 Å². The number of hydrogen-bond acceptors (Lipinski definition) is 5. The Balaban J connectivity index is 1.86. The number of aromatic nitrogens is 3. The third-order valence-electron chi connectivity index (χ3n) is 5.69. The first-order valence-corrected chi connectivity index (χ1v) is 11.8. The van der Waals surface area contributed by atoms with Crippen molar-refractivity contribution in [2.75, 3.05) is 6.67 Å². The fourth-order valence-electron chi connectivity index (χ4n) is 4.24. The topological polar surface area (TPSA) is 101 Å². The molecule has 0 aliphatic heterocycles. The van der Waals surface area contributed by atoms with E-state index in [0.29, 0.717) is 16.8 Å². The number of sulfonamides is 1. The molecular formula is C22H24FN5O2S. The van der Waals surface area contributed by atoms with Gasteiger partial charge in [0.2, 0.25) is 10.0 Å². The quantitative estimate of drug-likeness (QED) is 0.622. The molecule has 0 radical (unpaired) electrons. The van der Waals surface area contributed by atoms with Gasteiger partial charge in [-0.1, -0.05) is 25.0 Å². The van der Waals surface area contributed by atoms with E-state index in [2.05, 4.69) is 25.3 Å². The number of nitriles is 1. The molecule has 1 fully saturated rings. The van der Waals surface area contributed by atoms with Gasteiger partial charge in [-0.15, -0.1) is 0 Å². The van der Waals surface area contributed by atoms with Crippen LogP contribution in [0.25, 0.3) is 22.3 Å². The predicted octanol–water partition coefficient (Wildman–Crippen LogP) is 4.03. The zero-order valence-electron chi connectivity index (χ0n) is 17.5. The first-order valence-electron chi connectivity index (χ1n) is 10.3.